The van der Waals surface area contributed by atoms with Gasteiger partial charge in [0.05, 0.1) is 0 Å². The first kappa shape index (κ1) is 9.47. The fraction of sp³-hybridized carbons (Fsp3) is 0.385. The second-order valence-corrected chi connectivity index (χ2v) is 3.88. The van der Waals surface area contributed by atoms with Gasteiger partial charge < -0.3 is 5.32 Å². The Morgan fingerprint density at radius 1 is 1.36 bits per heavy atom. The van der Waals surface area contributed by atoms with Gasteiger partial charge in [-0.3, -0.25) is 0 Å². The lowest BCUT2D eigenvalue weighted by molar-refractivity contribution is 0.461. The summed E-state index contributed by atoms with van der Waals surface area (Å²) in [6.07, 6.45) is 4.55. The zero-order valence-electron chi connectivity index (χ0n) is 8.50. The van der Waals surface area contributed by atoms with Gasteiger partial charge >= 0.3 is 0 Å². The van der Waals surface area contributed by atoms with Gasteiger partial charge in [-0.15, -0.1) is 0 Å². The van der Waals surface area contributed by atoms with E-state index in [0.29, 0.717) is 5.92 Å². The first-order chi connectivity index (χ1) is 6.92. The Labute approximate surface area is 85.8 Å². The van der Waals surface area contributed by atoms with Crippen LogP contribution < -0.4 is 5.32 Å². The summed E-state index contributed by atoms with van der Waals surface area (Å²) in [5.41, 5.74) is 2.75. The maximum absolute atomic E-state index is 3.87. The molecule has 0 spiro atoms. The standard InChI is InChI=1S/C13H17N/c1-2-11-6-3-4-8-13(11)12-7-5-9-14-10-12/h2-4,6,8,12,14H,1,5,7,9-10H2. The molecule has 1 fully saturated rings. The van der Waals surface area contributed by atoms with Gasteiger partial charge in [0.1, 0.15) is 0 Å². The molecule has 1 heteroatoms. The molecular weight excluding hydrogens is 170 g/mol. The molecule has 2 rings (SSSR count). The molecule has 0 aliphatic carbocycles. The van der Waals surface area contributed by atoms with Crippen molar-refractivity contribution in [3.63, 3.8) is 0 Å². The van der Waals surface area contributed by atoms with Gasteiger partial charge in [-0.1, -0.05) is 36.9 Å². The zero-order chi connectivity index (χ0) is 9.80. The molecule has 1 atom stereocenters. The van der Waals surface area contributed by atoms with E-state index < -0.39 is 0 Å². The molecule has 1 aliphatic rings. The van der Waals surface area contributed by atoms with Gasteiger partial charge in [-0.2, -0.15) is 0 Å². The summed E-state index contributed by atoms with van der Waals surface area (Å²) in [6, 6.07) is 8.58. The van der Waals surface area contributed by atoms with E-state index >= 15 is 0 Å². The quantitative estimate of drug-likeness (QED) is 0.750. The summed E-state index contributed by atoms with van der Waals surface area (Å²) in [5, 5.41) is 3.45. The van der Waals surface area contributed by atoms with E-state index in [2.05, 4.69) is 36.2 Å². The predicted octanol–water partition coefficient (Wildman–Crippen LogP) is 2.80. The third-order valence-corrected chi connectivity index (χ3v) is 2.95. The average molecular weight is 187 g/mol. The molecule has 0 bridgehead atoms. The Morgan fingerprint density at radius 3 is 2.93 bits per heavy atom. The highest BCUT2D eigenvalue weighted by Gasteiger charge is 2.16. The van der Waals surface area contributed by atoms with Crippen molar-refractivity contribution in [2.75, 3.05) is 13.1 Å². The molecule has 1 nitrogen and oxygen atoms in total. The van der Waals surface area contributed by atoms with Crippen LogP contribution in [0.4, 0.5) is 0 Å². The molecule has 1 unspecified atom stereocenters. The van der Waals surface area contributed by atoms with Gasteiger partial charge in [-0.05, 0) is 36.4 Å². The first-order valence-electron chi connectivity index (χ1n) is 5.34. The monoisotopic (exact) mass is 187 g/mol. The van der Waals surface area contributed by atoms with Crippen molar-refractivity contribution >= 4 is 6.08 Å². The smallest absolute Gasteiger partial charge is 0.00203 e. The largest absolute Gasteiger partial charge is 0.316 e. The topological polar surface area (TPSA) is 12.0 Å². The Morgan fingerprint density at radius 2 is 2.21 bits per heavy atom. The number of hydrogen-bond donors (Lipinski definition) is 1. The molecule has 74 valence electrons. The van der Waals surface area contributed by atoms with Crippen molar-refractivity contribution < 1.29 is 0 Å². The molecular formula is C13H17N. The molecule has 1 aromatic carbocycles. The molecule has 0 amide bonds. The maximum Gasteiger partial charge on any atom is 0.00203 e. The second-order valence-electron chi connectivity index (χ2n) is 3.88. The van der Waals surface area contributed by atoms with Crippen molar-refractivity contribution in [1.29, 1.82) is 0 Å². The Bertz CT molecular complexity index is 311. The SMILES string of the molecule is C=Cc1ccccc1C1CCCNC1. The molecule has 1 N–H and O–H groups in total. The van der Waals surface area contributed by atoms with Gasteiger partial charge in [0.25, 0.3) is 0 Å². The fourth-order valence-corrected chi connectivity index (χ4v) is 2.19. The lowest BCUT2D eigenvalue weighted by Crippen LogP contribution is -2.28. The molecule has 0 saturated carbocycles. The number of benzene rings is 1. The summed E-state index contributed by atoms with van der Waals surface area (Å²) in [6.45, 7) is 6.16. The molecule has 1 aromatic rings. The Kier molecular flexibility index (Phi) is 3.00. The summed E-state index contributed by atoms with van der Waals surface area (Å²) in [4.78, 5) is 0. The minimum absolute atomic E-state index is 0.679. The lowest BCUT2D eigenvalue weighted by Gasteiger charge is -2.24. The van der Waals surface area contributed by atoms with Crippen LogP contribution in [0.15, 0.2) is 30.8 Å². The summed E-state index contributed by atoms with van der Waals surface area (Å²) in [5.74, 6) is 0.679. The Hall–Kier alpha value is -1.08. The number of nitrogens with one attached hydrogen (secondary N) is 1. The van der Waals surface area contributed by atoms with E-state index in [1.165, 1.54) is 30.5 Å². The van der Waals surface area contributed by atoms with Crippen molar-refractivity contribution in [2.45, 2.75) is 18.8 Å². The third-order valence-electron chi connectivity index (χ3n) is 2.95. The maximum atomic E-state index is 3.87. The molecule has 1 heterocycles. The molecule has 14 heavy (non-hydrogen) atoms. The number of rotatable bonds is 2. The highest BCUT2D eigenvalue weighted by molar-refractivity contribution is 5.53. The van der Waals surface area contributed by atoms with Crippen LogP contribution in [0.2, 0.25) is 0 Å². The van der Waals surface area contributed by atoms with Crippen LogP contribution in [-0.2, 0) is 0 Å². The summed E-state index contributed by atoms with van der Waals surface area (Å²) in [7, 11) is 0. The van der Waals surface area contributed by atoms with E-state index in [4.69, 9.17) is 0 Å². The van der Waals surface area contributed by atoms with Crippen LogP contribution in [0.1, 0.15) is 29.9 Å². The predicted molar refractivity (Wildman–Crippen MR) is 61.4 cm³/mol. The van der Waals surface area contributed by atoms with Crippen LogP contribution >= 0.6 is 0 Å². The Balaban J connectivity index is 2.24. The van der Waals surface area contributed by atoms with E-state index in [-0.39, 0.29) is 0 Å². The van der Waals surface area contributed by atoms with Gasteiger partial charge in [0.2, 0.25) is 0 Å². The number of hydrogen-bond acceptors (Lipinski definition) is 1. The van der Waals surface area contributed by atoms with Crippen molar-refractivity contribution in [1.82, 2.24) is 5.32 Å². The average Bonchev–Trinajstić information content (AvgIpc) is 2.30. The van der Waals surface area contributed by atoms with E-state index in [0.717, 1.165) is 6.54 Å². The van der Waals surface area contributed by atoms with Crippen molar-refractivity contribution in [3.8, 4) is 0 Å². The summed E-state index contributed by atoms with van der Waals surface area (Å²) < 4.78 is 0. The molecule has 0 aromatic heterocycles. The van der Waals surface area contributed by atoms with Crippen LogP contribution in [0, 0.1) is 0 Å². The first-order valence-corrected chi connectivity index (χ1v) is 5.34. The van der Waals surface area contributed by atoms with Crippen LogP contribution in [0.25, 0.3) is 6.08 Å². The van der Waals surface area contributed by atoms with Crippen LogP contribution in [-0.4, -0.2) is 13.1 Å². The van der Waals surface area contributed by atoms with Gasteiger partial charge in [-0.25, -0.2) is 0 Å². The lowest BCUT2D eigenvalue weighted by atomic mass is 9.88. The van der Waals surface area contributed by atoms with Crippen molar-refractivity contribution in [2.24, 2.45) is 0 Å². The third kappa shape index (κ3) is 1.88. The van der Waals surface area contributed by atoms with E-state index in [9.17, 15) is 0 Å². The second kappa shape index (κ2) is 4.43. The van der Waals surface area contributed by atoms with E-state index in [1.54, 1.807) is 0 Å². The van der Waals surface area contributed by atoms with Crippen molar-refractivity contribution in [3.05, 3.63) is 42.0 Å². The van der Waals surface area contributed by atoms with Gasteiger partial charge in [0.15, 0.2) is 0 Å². The number of piperidine rings is 1. The fourth-order valence-electron chi connectivity index (χ4n) is 2.19. The van der Waals surface area contributed by atoms with Gasteiger partial charge in [0, 0.05) is 6.54 Å². The molecule has 0 radical (unpaired) electrons. The van der Waals surface area contributed by atoms with E-state index in [1.807, 2.05) is 6.08 Å². The molecule has 1 saturated heterocycles. The normalized spacial score (nSPS) is 21.9. The highest BCUT2D eigenvalue weighted by atomic mass is 14.9. The zero-order valence-corrected chi connectivity index (χ0v) is 8.50. The van der Waals surface area contributed by atoms with Crippen LogP contribution in [0.5, 0.6) is 0 Å². The minimum atomic E-state index is 0.679. The molecule has 1 aliphatic heterocycles. The highest BCUT2D eigenvalue weighted by Crippen LogP contribution is 2.26. The van der Waals surface area contributed by atoms with Crippen LogP contribution in [0.3, 0.4) is 0 Å². The minimum Gasteiger partial charge on any atom is -0.316 e. The summed E-state index contributed by atoms with van der Waals surface area (Å²) >= 11 is 0.